The van der Waals surface area contributed by atoms with Crippen LogP contribution in [0, 0.1) is 5.92 Å². The summed E-state index contributed by atoms with van der Waals surface area (Å²) in [5.41, 5.74) is -0.329. The molecule has 22 heavy (non-hydrogen) atoms. The molecule has 3 rings (SSSR count). The molecule has 2 aliphatic heterocycles. The van der Waals surface area contributed by atoms with Crippen LogP contribution in [0.5, 0.6) is 0 Å². The number of nitrogens with zero attached hydrogens (tertiary/aromatic N) is 2. The molecule has 0 bridgehead atoms. The van der Waals surface area contributed by atoms with Crippen LogP contribution in [0.15, 0.2) is 17.5 Å². The summed E-state index contributed by atoms with van der Waals surface area (Å²) in [6.07, 6.45) is 0.958. The number of hydrogen-bond donors (Lipinski definition) is 0. The molecule has 6 heteroatoms. The lowest BCUT2D eigenvalue weighted by atomic mass is 9.94. The van der Waals surface area contributed by atoms with Gasteiger partial charge in [-0.2, -0.15) is 0 Å². The van der Waals surface area contributed by atoms with Gasteiger partial charge < -0.3 is 19.3 Å². The topological polar surface area (TPSA) is 42.0 Å². The number of carbonyl (C=O) groups excluding carboxylic acids is 1. The fraction of sp³-hybridized carbons (Fsp3) is 0.688. The molecule has 0 unspecified atom stereocenters. The van der Waals surface area contributed by atoms with Crippen molar-refractivity contribution >= 4 is 17.2 Å². The van der Waals surface area contributed by atoms with Gasteiger partial charge in [0.05, 0.1) is 31.2 Å². The van der Waals surface area contributed by atoms with Gasteiger partial charge in [0.1, 0.15) is 5.60 Å². The molecule has 2 saturated heterocycles. The van der Waals surface area contributed by atoms with Gasteiger partial charge in [0.2, 0.25) is 0 Å². The lowest BCUT2D eigenvalue weighted by Gasteiger charge is -2.31. The van der Waals surface area contributed by atoms with Gasteiger partial charge in [-0.05, 0) is 37.9 Å². The van der Waals surface area contributed by atoms with Gasteiger partial charge in [-0.25, -0.2) is 0 Å². The molecule has 0 saturated carbocycles. The van der Waals surface area contributed by atoms with E-state index in [1.54, 1.807) is 0 Å². The van der Waals surface area contributed by atoms with Crippen molar-refractivity contribution in [3.8, 4) is 0 Å². The van der Waals surface area contributed by atoms with E-state index in [-0.39, 0.29) is 11.5 Å². The average Bonchev–Trinajstić information content (AvgIpc) is 3.07. The fourth-order valence-electron chi connectivity index (χ4n) is 3.42. The van der Waals surface area contributed by atoms with Crippen LogP contribution in [0.1, 0.15) is 16.1 Å². The smallest absolute Gasteiger partial charge is 0.264 e. The van der Waals surface area contributed by atoms with Gasteiger partial charge in [0.15, 0.2) is 0 Å². The summed E-state index contributed by atoms with van der Waals surface area (Å²) in [6.45, 7) is 4.21. The number of thiophene rings is 1. The minimum absolute atomic E-state index is 0.0968. The summed E-state index contributed by atoms with van der Waals surface area (Å²) in [4.78, 5) is 17.5. The summed E-state index contributed by atoms with van der Waals surface area (Å²) >= 11 is 1.49. The van der Waals surface area contributed by atoms with Crippen molar-refractivity contribution < 1.29 is 14.3 Å². The third kappa shape index (κ3) is 3.51. The molecule has 1 amide bonds. The number of hydrogen-bond acceptors (Lipinski definition) is 5. The Bertz CT molecular complexity index is 505. The van der Waals surface area contributed by atoms with E-state index in [4.69, 9.17) is 9.47 Å². The molecular formula is C16H24N2O3S. The van der Waals surface area contributed by atoms with Crippen molar-refractivity contribution in [3.05, 3.63) is 22.4 Å². The van der Waals surface area contributed by atoms with Crippen molar-refractivity contribution in [2.75, 3.05) is 53.6 Å². The standard InChI is InChI=1S/C16H24N2O3S/c1-17(2)9-13-8-16(21-10-13)11-18(5-6-20-12-16)15(19)14-4-3-7-22-14/h3-4,7,13H,5-6,8-12H2,1-2H3/t13-,16+/m1/s1. The maximum atomic E-state index is 12.6. The zero-order valence-corrected chi connectivity index (χ0v) is 14.1. The first kappa shape index (κ1) is 15.9. The lowest BCUT2D eigenvalue weighted by molar-refractivity contribution is -0.0539. The summed E-state index contributed by atoms with van der Waals surface area (Å²) in [6, 6.07) is 3.80. The summed E-state index contributed by atoms with van der Waals surface area (Å²) in [5, 5.41) is 1.94. The SMILES string of the molecule is CN(C)C[C@@H]1CO[C@@]2(COCCN(C(=O)c3cccs3)C2)C1. The maximum Gasteiger partial charge on any atom is 0.264 e. The molecule has 0 aliphatic carbocycles. The number of rotatable bonds is 3. The minimum atomic E-state index is -0.329. The van der Waals surface area contributed by atoms with Crippen molar-refractivity contribution in [2.45, 2.75) is 12.0 Å². The van der Waals surface area contributed by atoms with E-state index in [1.165, 1.54) is 11.3 Å². The van der Waals surface area contributed by atoms with Crippen molar-refractivity contribution in [3.63, 3.8) is 0 Å². The molecule has 122 valence electrons. The second-order valence-electron chi connectivity index (χ2n) is 6.58. The number of amides is 1. The fourth-order valence-corrected chi connectivity index (χ4v) is 4.11. The molecule has 0 aromatic carbocycles. The van der Waals surface area contributed by atoms with E-state index < -0.39 is 0 Å². The molecule has 1 aromatic heterocycles. The molecule has 5 nitrogen and oxygen atoms in total. The average molecular weight is 324 g/mol. The van der Waals surface area contributed by atoms with Gasteiger partial charge in [0.25, 0.3) is 5.91 Å². The normalized spacial score (nSPS) is 29.2. The largest absolute Gasteiger partial charge is 0.377 e. The summed E-state index contributed by atoms with van der Waals surface area (Å²) in [5.74, 6) is 0.606. The van der Waals surface area contributed by atoms with Crippen LogP contribution in [0.25, 0.3) is 0 Å². The van der Waals surface area contributed by atoms with E-state index in [0.29, 0.717) is 32.2 Å². The molecule has 3 heterocycles. The van der Waals surface area contributed by atoms with E-state index in [1.807, 2.05) is 22.4 Å². The molecule has 2 fully saturated rings. The Hall–Kier alpha value is -0.950. The van der Waals surface area contributed by atoms with Crippen LogP contribution in [0.4, 0.5) is 0 Å². The highest BCUT2D eigenvalue weighted by Gasteiger charge is 2.44. The van der Waals surface area contributed by atoms with Crippen LogP contribution in [-0.4, -0.2) is 74.9 Å². The first-order valence-electron chi connectivity index (χ1n) is 7.77. The highest BCUT2D eigenvalue weighted by Crippen LogP contribution is 2.33. The van der Waals surface area contributed by atoms with Crippen molar-refractivity contribution in [2.24, 2.45) is 5.92 Å². The third-order valence-electron chi connectivity index (χ3n) is 4.28. The predicted octanol–water partition coefficient (Wildman–Crippen LogP) is 1.56. The van der Waals surface area contributed by atoms with E-state index in [2.05, 4.69) is 19.0 Å². The summed E-state index contributed by atoms with van der Waals surface area (Å²) in [7, 11) is 4.17. The van der Waals surface area contributed by atoms with Gasteiger partial charge in [-0.3, -0.25) is 4.79 Å². The zero-order valence-electron chi connectivity index (χ0n) is 13.3. The minimum Gasteiger partial charge on any atom is -0.377 e. The Morgan fingerprint density at radius 3 is 3.14 bits per heavy atom. The predicted molar refractivity (Wildman–Crippen MR) is 86.4 cm³/mol. The molecule has 0 radical (unpaired) electrons. The first-order valence-corrected chi connectivity index (χ1v) is 8.65. The van der Waals surface area contributed by atoms with Crippen LogP contribution >= 0.6 is 11.3 Å². The van der Waals surface area contributed by atoms with E-state index in [0.717, 1.165) is 24.4 Å². The van der Waals surface area contributed by atoms with E-state index >= 15 is 0 Å². The Kier molecular flexibility index (Phi) is 4.82. The molecule has 0 N–H and O–H groups in total. The molecule has 2 atom stereocenters. The molecule has 2 aliphatic rings. The Morgan fingerprint density at radius 2 is 2.41 bits per heavy atom. The first-order chi connectivity index (χ1) is 10.6. The van der Waals surface area contributed by atoms with Gasteiger partial charge in [-0.15, -0.1) is 11.3 Å². The lowest BCUT2D eigenvalue weighted by Crippen LogP contribution is -2.46. The monoisotopic (exact) mass is 324 g/mol. The molecule has 1 spiro atoms. The van der Waals surface area contributed by atoms with Crippen molar-refractivity contribution in [1.29, 1.82) is 0 Å². The van der Waals surface area contributed by atoms with E-state index in [9.17, 15) is 4.79 Å². The quantitative estimate of drug-likeness (QED) is 0.846. The van der Waals surface area contributed by atoms with Crippen molar-refractivity contribution in [1.82, 2.24) is 9.80 Å². The molecular weight excluding hydrogens is 300 g/mol. The second-order valence-corrected chi connectivity index (χ2v) is 7.53. The third-order valence-corrected chi connectivity index (χ3v) is 5.14. The number of carbonyl (C=O) groups is 1. The number of ether oxygens (including phenoxy) is 2. The van der Waals surface area contributed by atoms with Crippen LogP contribution in [0.2, 0.25) is 0 Å². The highest BCUT2D eigenvalue weighted by atomic mass is 32.1. The maximum absolute atomic E-state index is 12.6. The Balaban J connectivity index is 1.69. The van der Waals surface area contributed by atoms with Crippen LogP contribution in [-0.2, 0) is 9.47 Å². The molecule has 1 aromatic rings. The summed E-state index contributed by atoms with van der Waals surface area (Å²) < 4.78 is 11.9. The van der Waals surface area contributed by atoms with Gasteiger partial charge >= 0.3 is 0 Å². The Labute approximate surface area is 135 Å². The van der Waals surface area contributed by atoms with Crippen LogP contribution < -0.4 is 0 Å². The zero-order chi connectivity index (χ0) is 15.6. The Morgan fingerprint density at radius 1 is 1.55 bits per heavy atom. The van der Waals surface area contributed by atoms with Gasteiger partial charge in [-0.1, -0.05) is 6.07 Å². The van der Waals surface area contributed by atoms with Crippen LogP contribution in [0.3, 0.4) is 0 Å². The van der Waals surface area contributed by atoms with Gasteiger partial charge in [0, 0.05) is 13.1 Å². The highest BCUT2D eigenvalue weighted by molar-refractivity contribution is 7.12. The second kappa shape index (κ2) is 6.66.